The Morgan fingerprint density at radius 2 is 1.96 bits per heavy atom. The van der Waals surface area contributed by atoms with Gasteiger partial charge in [-0.25, -0.2) is 9.37 Å². The summed E-state index contributed by atoms with van der Waals surface area (Å²) >= 11 is 1.51. The topological polar surface area (TPSA) is 78.9 Å². The molecule has 4 rings (SSSR count). The van der Waals surface area contributed by atoms with Crippen LogP contribution in [-0.2, 0) is 6.42 Å². The fraction of sp³-hybridized carbons (Fsp3) is 0.0500. The van der Waals surface area contributed by atoms with Crippen molar-refractivity contribution in [3.8, 4) is 0 Å². The Labute approximate surface area is 157 Å². The summed E-state index contributed by atoms with van der Waals surface area (Å²) in [4.78, 5) is 17.6. The van der Waals surface area contributed by atoms with Crippen molar-refractivity contribution in [2.45, 2.75) is 6.42 Å². The van der Waals surface area contributed by atoms with Crippen molar-refractivity contribution < 1.29 is 14.3 Å². The second-order valence-electron chi connectivity index (χ2n) is 5.92. The third-order valence-electron chi connectivity index (χ3n) is 4.10. The summed E-state index contributed by atoms with van der Waals surface area (Å²) in [7, 11) is 0. The van der Waals surface area contributed by atoms with Crippen LogP contribution in [0.3, 0.4) is 0 Å². The number of benzene rings is 2. The number of allylic oxidation sites excluding steroid dienone is 1. The zero-order valence-corrected chi connectivity index (χ0v) is 14.8. The van der Waals surface area contributed by atoms with E-state index in [1.54, 1.807) is 12.1 Å². The molecule has 0 aliphatic rings. The van der Waals surface area contributed by atoms with Gasteiger partial charge in [-0.3, -0.25) is 9.89 Å². The number of halogens is 1. The molecule has 2 N–H and O–H groups in total. The first-order chi connectivity index (χ1) is 13.1. The summed E-state index contributed by atoms with van der Waals surface area (Å²) in [6, 6.07) is 13.8. The first-order valence-electron chi connectivity index (χ1n) is 8.18. The number of hydrogen-bond donors (Lipinski definition) is 2. The summed E-state index contributed by atoms with van der Waals surface area (Å²) in [6.45, 7) is 0. The van der Waals surface area contributed by atoms with Crippen LogP contribution < -0.4 is 0 Å². The molecular weight excluding hydrogens is 365 g/mol. The molecule has 4 aromatic rings. The van der Waals surface area contributed by atoms with Crippen LogP contribution in [0.2, 0.25) is 0 Å². The number of nitrogens with one attached hydrogen (secondary N) is 1. The Hall–Kier alpha value is -3.32. The molecule has 0 amide bonds. The number of carbonyl (C=O) groups excluding carboxylic acids is 1. The number of nitrogens with zero attached hydrogens (tertiary/aromatic N) is 2. The number of ketones is 1. The van der Waals surface area contributed by atoms with E-state index >= 15 is 0 Å². The summed E-state index contributed by atoms with van der Waals surface area (Å²) in [5, 5.41) is 17.2. The molecule has 134 valence electrons. The van der Waals surface area contributed by atoms with E-state index in [4.69, 9.17) is 0 Å². The third-order valence-corrected chi connectivity index (χ3v) is 5.28. The number of H-pyrrole nitrogens is 1. The van der Waals surface area contributed by atoms with Crippen molar-refractivity contribution >= 4 is 33.0 Å². The van der Waals surface area contributed by atoms with Gasteiger partial charge in [-0.15, -0.1) is 11.3 Å². The first kappa shape index (κ1) is 17.1. The van der Waals surface area contributed by atoms with E-state index in [9.17, 15) is 14.3 Å². The first-order valence-corrected chi connectivity index (χ1v) is 8.99. The van der Waals surface area contributed by atoms with Crippen molar-refractivity contribution in [3.05, 3.63) is 88.6 Å². The number of aromatic nitrogens is 3. The lowest BCUT2D eigenvalue weighted by atomic mass is 10.0. The molecule has 0 aliphatic carbocycles. The van der Waals surface area contributed by atoms with Crippen LogP contribution in [0.1, 0.15) is 26.6 Å². The van der Waals surface area contributed by atoms with Crippen LogP contribution in [-0.4, -0.2) is 26.1 Å². The summed E-state index contributed by atoms with van der Waals surface area (Å²) in [6.07, 6.45) is 2.95. The molecule has 7 heteroatoms. The maximum atomic E-state index is 13.2. The van der Waals surface area contributed by atoms with Gasteiger partial charge >= 0.3 is 0 Å². The molecule has 2 aromatic heterocycles. The molecule has 2 heterocycles. The average Bonchev–Trinajstić information content (AvgIpc) is 3.31. The highest BCUT2D eigenvalue weighted by molar-refractivity contribution is 7.19. The second kappa shape index (κ2) is 7.13. The lowest BCUT2D eigenvalue weighted by Gasteiger charge is -2.03. The highest BCUT2D eigenvalue weighted by Crippen LogP contribution is 2.33. The lowest BCUT2D eigenvalue weighted by Crippen LogP contribution is -2.01. The van der Waals surface area contributed by atoms with Crippen LogP contribution in [0.15, 0.2) is 60.9 Å². The van der Waals surface area contributed by atoms with E-state index in [1.807, 2.05) is 24.3 Å². The van der Waals surface area contributed by atoms with Gasteiger partial charge in [0, 0.05) is 33.0 Å². The fourth-order valence-corrected chi connectivity index (χ4v) is 4.12. The fourth-order valence-electron chi connectivity index (χ4n) is 2.87. The maximum absolute atomic E-state index is 13.2. The molecule has 0 atom stereocenters. The number of aromatic amines is 1. The molecule has 0 radical (unpaired) electrons. The van der Waals surface area contributed by atoms with E-state index in [-0.39, 0.29) is 23.2 Å². The zero-order valence-electron chi connectivity index (χ0n) is 14.0. The largest absolute Gasteiger partial charge is 0.504 e. The van der Waals surface area contributed by atoms with Gasteiger partial charge < -0.3 is 5.11 Å². The highest BCUT2D eigenvalue weighted by Gasteiger charge is 2.19. The molecule has 0 fully saturated rings. The molecule has 0 saturated heterocycles. The van der Waals surface area contributed by atoms with Gasteiger partial charge in [0.05, 0.1) is 0 Å². The molecule has 0 aliphatic heterocycles. The van der Waals surface area contributed by atoms with Gasteiger partial charge in [0.25, 0.3) is 0 Å². The lowest BCUT2D eigenvalue weighted by molar-refractivity contribution is 0.104. The maximum Gasteiger partial charge on any atom is 0.215 e. The number of hydrogen-bond acceptors (Lipinski definition) is 5. The minimum absolute atomic E-state index is 0.0583. The molecule has 0 spiro atoms. The van der Waals surface area contributed by atoms with Crippen molar-refractivity contribution in [3.63, 3.8) is 0 Å². The second-order valence-corrected chi connectivity index (χ2v) is 7.05. The molecular formula is C20H14FN3O2S. The smallest absolute Gasteiger partial charge is 0.215 e. The minimum atomic E-state index is -0.327. The van der Waals surface area contributed by atoms with E-state index < -0.39 is 0 Å². The predicted octanol–water partition coefficient (Wildman–Crippen LogP) is 4.53. The van der Waals surface area contributed by atoms with Gasteiger partial charge in [-0.2, -0.15) is 5.10 Å². The molecule has 0 saturated carbocycles. The Bertz CT molecular complexity index is 1130. The number of thiophene rings is 1. The van der Waals surface area contributed by atoms with Crippen molar-refractivity contribution in [1.29, 1.82) is 0 Å². The van der Waals surface area contributed by atoms with E-state index in [2.05, 4.69) is 15.2 Å². The molecule has 5 nitrogen and oxygen atoms in total. The third kappa shape index (κ3) is 3.50. The summed E-state index contributed by atoms with van der Waals surface area (Å²) < 4.78 is 14.2. The van der Waals surface area contributed by atoms with Crippen LogP contribution in [0.5, 0.6) is 0 Å². The van der Waals surface area contributed by atoms with Gasteiger partial charge in [0.15, 0.2) is 11.5 Å². The molecule has 2 aromatic carbocycles. The quantitative estimate of drug-likeness (QED) is 0.303. The number of rotatable bonds is 5. The van der Waals surface area contributed by atoms with Crippen LogP contribution in [0, 0.1) is 5.82 Å². The van der Waals surface area contributed by atoms with Crippen molar-refractivity contribution in [1.82, 2.24) is 15.2 Å². The SMILES string of the molecule is O=C(C=C(O)c1nc[nH]n1)c1c(Cc2ccc(F)cc2)sc2ccccc12. The number of fused-ring (bicyclic) bond motifs is 1. The van der Waals surface area contributed by atoms with Crippen molar-refractivity contribution in [2.24, 2.45) is 0 Å². The average molecular weight is 379 g/mol. The van der Waals surface area contributed by atoms with E-state index in [0.717, 1.165) is 26.6 Å². The predicted molar refractivity (Wildman–Crippen MR) is 102 cm³/mol. The summed E-state index contributed by atoms with van der Waals surface area (Å²) in [5.41, 5.74) is 1.43. The van der Waals surface area contributed by atoms with Crippen LogP contribution >= 0.6 is 11.3 Å². The van der Waals surface area contributed by atoms with Gasteiger partial charge in [-0.05, 0) is 23.8 Å². The number of aliphatic hydroxyl groups is 1. The number of carbonyl (C=O) groups is 1. The molecule has 0 unspecified atom stereocenters. The Morgan fingerprint density at radius 3 is 2.70 bits per heavy atom. The number of aliphatic hydroxyl groups excluding tert-OH is 1. The standard InChI is InChI=1S/C20H14FN3O2S/c21-13-7-5-12(6-8-13)9-18-19(14-3-1-2-4-17(14)27-18)15(25)10-16(26)20-22-11-23-24-20/h1-8,10-11,26H,9H2,(H,22,23,24). The van der Waals surface area contributed by atoms with Crippen LogP contribution in [0.4, 0.5) is 4.39 Å². The van der Waals surface area contributed by atoms with Gasteiger partial charge in [0.1, 0.15) is 12.1 Å². The van der Waals surface area contributed by atoms with E-state index in [0.29, 0.717) is 12.0 Å². The Balaban J connectivity index is 1.77. The van der Waals surface area contributed by atoms with Crippen LogP contribution in [0.25, 0.3) is 15.8 Å². The van der Waals surface area contributed by atoms with E-state index in [1.165, 1.54) is 29.8 Å². The van der Waals surface area contributed by atoms with Gasteiger partial charge in [0.2, 0.25) is 5.82 Å². The van der Waals surface area contributed by atoms with Gasteiger partial charge in [-0.1, -0.05) is 30.3 Å². The summed E-state index contributed by atoms with van der Waals surface area (Å²) in [5.74, 6) is -0.871. The normalized spacial score (nSPS) is 11.8. The molecule has 0 bridgehead atoms. The Kier molecular flexibility index (Phi) is 4.52. The Morgan fingerprint density at radius 1 is 1.19 bits per heavy atom. The highest BCUT2D eigenvalue weighted by atomic mass is 32.1. The monoisotopic (exact) mass is 379 g/mol. The molecule has 27 heavy (non-hydrogen) atoms. The zero-order chi connectivity index (χ0) is 18.8. The minimum Gasteiger partial charge on any atom is -0.504 e. The van der Waals surface area contributed by atoms with Crippen molar-refractivity contribution in [2.75, 3.05) is 0 Å².